The number of hydrogen-bond acceptors (Lipinski definition) is 5. The normalized spacial score (nSPS) is 12.1. The number of nitrogens with two attached hydrogens (primary N) is 1. The molecule has 35 heavy (non-hydrogen) atoms. The number of rotatable bonds is 11. The first kappa shape index (κ1) is 25.3. The van der Waals surface area contributed by atoms with Crippen molar-refractivity contribution in [2.45, 2.75) is 38.6 Å². The fourth-order valence-electron chi connectivity index (χ4n) is 3.20. The van der Waals surface area contributed by atoms with E-state index in [1.54, 1.807) is 12.1 Å². The van der Waals surface area contributed by atoms with Crippen molar-refractivity contribution < 1.29 is 23.9 Å². The van der Waals surface area contributed by atoms with Gasteiger partial charge in [-0.05, 0) is 35.7 Å². The van der Waals surface area contributed by atoms with Crippen LogP contribution in [0.2, 0.25) is 0 Å². The lowest BCUT2D eigenvalue weighted by Gasteiger charge is -2.20. The van der Waals surface area contributed by atoms with Gasteiger partial charge in [0.25, 0.3) is 0 Å². The third-order valence-corrected chi connectivity index (χ3v) is 5.22. The fourth-order valence-corrected chi connectivity index (χ4v) is 3.20. The zero-order valence-electron chi connectivity index (χ0n) is 19.5. The molecule has 0 saturated carbocycles. The van der Waals surface area contributed by atoms with E-state index in [2.05, 4.69) is 10.6 Å². The quantitative estimate of drug-likeness (QED) is 0.394. The number of benzene rings is 3. The third-order valence-electron chi connectivity index (χ3n) is 5.22. The van der Waals surface area contributed by atoms with Crippen LogP contribution >= 0.6 is 0 Å². The molecule has 0 heterocycles. The van der Waals surface area contributed by atoms with Crippen molar-refractivity contribution in [3.05, 3.63) is 102 Å². The first-order valence-electron chi connectivity index (χ1n) is 11.2. The Hall–Kier alpha value is -4.33. The van der Waals surface area contributed by atoms with E-state index in [0.717, 1.165) is 16.7 Å². The minimum absolute atomic E-state index is 0.0617. The van der Waals surface area contributed by atoms with E-state index in [1.165, 1.54) is 6.92 Å². The molecular formula is C27H29N3O5. The predicted molar refractivity (Wildman–Crippen MR) is 131 cm³/mol. The second-order valence-corrected chi connectivity index (χ2v) is 8.01. The van der Waals surface area contributed by atoms with Gasteiger partial charge in [-0.1, -0.05) is 72.8 Å². The zero-order chi connectivity index (χ0) is 25.0. The summed E-state index contributed by atoms with van der Waals surface area (Å²) in [6.07, 6.45) is -0.569. The molecule has 0 aromatic heterocycles. The lowest BCUT2D eigenvalue weighted by atomic mass is 10.0. The van der Waals surface area contributed by atoms with Crippen molar-refractivity contribution >= 4 is 17.9 Å². The topological polar surface area (TPSA) is 120 Å². The molecule has 0 fully saturated rings. The van der Waals surface area contributed by atoms with E-state index in [4.69, 9.17) is 15.2 Å². The number of carbonyl (C=O) groups is 3. The van der Waals surface area contributed by atoms with E-state index in [-0.39, 0.29) is 13.0 Å². The highest BCUT2D eigenvalue weighted by Crippen LogP contribution is 2.16. The van der Waals surface area contributed by atoms with Gasteiger partial charge in [-0.15, -0.1) is 0 Å². The molecular weight excluding hydrogens is 446 g/mol. The van der Waals surface area contributed by atoms with Crippen LogP contribution in [0.4, 0.5) is 4.79 Å². The second-order valence-electron chi connectivity index (χ2n) is 8.01. The van der Waals surface area contributed by atoms with Gasteiger partial charge < -0.3 is 25.8 Å². The van der Waals surface area contributed by atoms with Crippen LogP contribution in [0, 0.1) is 0 Å². The minimum atomic E-state index is -0.976. The molecule has 8 nitrogen and oxygen atoms in total. The Kier molecular flexibility index (Phi) is 9.24. The van der Waals surface area contributed by atoms with Crippen molar-refractivity contribution in [1.82, 2.24) is 10.6 Å². The summed E-state index contributed by atoms with van der Waals surface area (Å²) in [5.74, 6) is -0.544. The molecule has 0 unspecified atom stereocenters. The third kappa shape index (κ3) is 8.51. The van der Waals surface area contributed by atoms with Crippen molar-refractivity contribution in [1.29, 1.82) is 0 Å². The SMILES string of the molecule is C[C@@H](NC(=O)[C@H](Cc1ccc(OCc2ccccc2)cc1)NC(=O)OCc1ccccc1)C(N)=O. The summed E-state index contributed by atoms with van der Waals surface area (Å²) in [5.41, 5.74) is 7.91. The standard InChI is InChI=1S/C27H29N3O5/c1-19(25(28)31)29-26(32)24(30-27(33)35-18-22-10-6-3-7-11-22)16-20-12-14-23(15-13-20)34-17-21-8-4-2-5-9-21/h2-15,19,24H,16-18H2,1H3,(H2,28,31)(H,29,32)(H,30,33)/t19-,24+/m1/s1. The van der Waals surface area contributed by atoms with Crippen LogP contribution in [0.25, 0.3) is 0 Å². The molecule has 3 aromatic carbocycles. The molecule has 3 rings (SSSR count). The average Bonchev–Trinajstić information content (AvgIpc) is 2.87. The maximum absolute atomic E-state index is 12.8. The highest BCUT2D eigenvalue weighted by atomic mass is 16.5. The molecule has 4 N–H and O–H groups in total. The molecule has 3 aromatic rings. The lowest BCUT2D eigenvalue weighted by molar-refractivity contribution is -0.128. The number of ether oxygens (including phenoxy) is 2. The predicted octanol–water partition coefficient (Wildman–Crippen LogP) is 3.09. The van der Waals surface area contributed by atoms with Gasteiger partial charge in [-0.3, -0.25) is 9.59 Å². The molecule has 0 aliphatic heterocycles. The van der Waals surface area contributed by atoms with Gasteiger partial charge in [0.1, 0.15) is 31.0 Å². The lowest BCUT2D eigenvalue weighted by Crippen LogP contribution is -2.52. The second kappa shape index (κ2) is 12.8. The Morgan fingerprint density at radius 1 is 0.771 bits per heavy atom. The zero-order valence-corrected chi connectivity index (χ0v) is 19.5. The summed E-state index contributed by atoms with van der Waals surface area (Å²) >= 11 is 0. The Morgan fingerprint density at radius 2 is 1.34 bits per heavy atom. The van der Waals surface area contributed by atoms with Gasteiger partial charge in [0, 0.05) is 6.42 Å². The van der Waals surface area contributed by atoms with Crippen molar-refractivity contribution in [3.8, 4) is 5.75 Å². The molecule has 0 spiro atoms. The number of alkyl carbamates (subject to hydrolysis) is 1. The summed E-state index contributed by atoms with van der Waals surface area (Å²) in [5, 5.41) is 5.10. The number of primary amides is 1. The van der Waals surface area contributed by atoms with Crippen molar-refractivity contribution in [3.63, 3.8) is 0 Å². The van der Waals surface area contributed by atoms with Crippen LogP contribution in [0.1, 0.15) is 23.6 Å². The molecule has 8 heteroatoms. The highest BCUT2D eigenvalue weighted by Gasteiger charge is 2.24. The van der Waals surface area contributed by atoms with Crippen LogP contribution in [-0.4, -0.2) is 30.0 Å². The Labute approximate surface area is 204 Å². The molecule has 2 atom stereocenters. The van der Waals surface area contributed by atoms with Crippen molar-refractivity contribution in [2.75, 3.05) is 0 Å². The highest BCUT2D eigenvalue weighted by molar-refractivity contribution is 5.90. The van der Waals surface area contributed by atoms with E-state index in [0.29, 0.717) is 12.4 Å². The summed E-state index contributed by atoms with van der Waals surface area (Å²) in [7, 11) is 0. The fraction of sp³-hybridized carbons (Fsp3) is 0.222. The van der Waals surface area contributed by atoms with Crippen LogP contribution in [-0.2, 0) is 34.0 Å². The minimum Gasteiger partial charge on any atom is -0.489 e. The molecule has 0 saturated heterocycles. The van der Waals surface area contributed by atoms with Gasteiger partial charge in [-0.25, -0.2) is 4.79 Å². The molecule has 0 aliphatic rings. The molecule has 182 valence electrons. The summed E-state index contributed by atoms with van der Waals surface area (Å²) < 4.78 is 11.0. The number of amides is 3. The number of carbonyl (C=O) groups excluding carboxylic acids is 3. The smallest absolute Gasteiger partial charge is 0.408 e. The largest absolute Gasteiger partial charge is 0.489 e. The number of nitrogens with one attached hydrogen (secondary N) is 2. The summed E-state index contributed by atoms with van der Waals surface area (Å²) in [6.45, 7) is 1.97. The van der Waals surface area contributed by atoms with Crippen molar-refractivity contribution in [2.24, 2.45) is 5.73 Å². The number of hydrogen-bond donors (Lipinski definition) is 3. The first-order chi connectivity index (χ1) is 16.9. The van der Waals surface area contributed by atoms with E-state index in [9.17, 15) is 14.4 Å². The van der Waals surface area contributed by atoms with E-state index >= 15 is 0 Å². The Morgan fingerprint density at radius 3 is 1.91 bits per heavy atom. The van der Waals surface area contributed by atoms with Crippen LogP contribution in [0.15, 0.2) is 84.9 Å². The van der Waals surface area contributed by atoms with Crippen LogP contribution in [0.3, 0.4) is 0 Å². The van der Waals surface area contributed by atoms with E-state index in [1.807, 2.05) is 72.8 Å². The maximum Gasteiger partial charge on any atom is 0.408 e. The Bertz CT molecular complexity index is 1100. The Balaban J connectivity index is 1.61. The van der Waals surface area contributed by atoms with Gasteiger partial charge in [0.15, 0.2) is 0 Å². The van der Waals surface area contributed by atoms with E-state index < -0.39 is 30.0 Å². The molecule has 0 bridgehead atoms. The first-order valence-corrected chi connectivity index (χ1v) is 11.2. The summed E-state index contributed by atoms with van der Waals surface area (Å²) in [4.78, 5) is 36.6. The maximum atomic E-state index is 12.8. The molecule has 3 amide bonds. The molecule has 0 radical (unpaired) electrons. The summed E-state index contributed by atoms with van der Waals surface area (Å²) in [6, 6.07) is 24.4. The molecule has 0 aliphatic carbocycles. The van der Waals surface area contributed by atoms with Crippen LogP contribution < -0.4 is 21.1 Å². The van der Waals surface area contributed by atoms with Gasteiger partial charge >= 0.3 is 6.09 Å². The van der Waals surface area contributed by atoms with Gasteiger partial charge in [-0.2, -0.15) is 0 Å². The van der Waals surface area contributed by atoms with Crippen LogP contribution in [0.5, 0.6) is 5.75 Å². The van der Waals surface area contributed by atoms with Gasteiger partial charge in [0.05, 0.1) is 0 Å². The van der Waals surface area contributed by atoms with Gasteiger partial charge in [0.2, 0.25) is 11.8 Å². The monoisotopic (exact) mass is 475 g/mol. The average molecular weight is 476 g/mol.